The molecule has 0 saturated carbocycles. The van der Waals surface area contributed by atoms with Gasteiger partial charge in [0.25, 0.3) is 15.9 Å². The molecule has 3 rings (SSSR count). The van der Waals surface area contributed by atoms with Crippen molar-refractivity contribution in [1.29, 1.82) is 0 Å². The van der Waals surface area contributed by atoms with Crippen LogP contribution < -0.4 is 5.69 Å². The molecule has 0 unspecified atom stereocenters. The summed E-state index contributed by atoms with van der Waals surface area (Å²) in [7, 11) is -3.03. The monoisotopic (exact) mass is 391 g/mol. The Morgan fingerprint density at radius 2 is 1.59 bits per heavy atom. The zero-order chi connectivity index (χ0) is 19.8. The fraction of sp³-hybridized carbons (Fsp3) is 0.222. The number of likely N-dealkylation sites (N-methyl/N-ethyl adjacent to an activating group) is 1. The van der Waals surface area contributed by atoms with E-state index in [2.05, 4.69) is 0 Å². The van der Waals surface area contributed by atoms with E-state index in [1.54, 1.807) is 24.3 Å². The van der Waals surface area contributed by atoms with Crippen molar-refractivity contribution in [3.63, 3.8) is 0 Å². The SMILES string of the molecule is CCn1c(=O)n(CC(=O)N(C)S(=O)(=O)c2ccc(F)cc2)c2ccccc21. The minimum atomic E-state index is -4.15. The molecule has 1 heterocycles. The molecule has 1 aromatic heterocycles. The van der Waals surface area contributed by atoms with Gasteiger partial charge in [-0.1, -0.05) is 12.1 Å². The number of carbonyl (C=O) groups excluding carboxylic acids is 1. The van der Waals surface area contributed by atoms with Crippen LogP contribution in [0.1, 0.15) is 6.92 Å². The fourth-order valence-corrected chi connectivity index (χ4v) is 3.99. The number of nitrogens with zero attached hydrogens (tertiary/aromatic N) is 3. The van der Waals surface area contributed by atoms with Crippen LogP contribution in [0.3, 0.4) is 0 Å². The molecule has 27 heavy (non-hydrogen) atoms. The second-order valence-corrected chi connectivity index (χ2v) is 7.89. The maximum atomic E-state index is 13.0. The molecule has 0 spiro atoms. The lowest BCUT2D eigenvalue weighted by Gasteiger charge is -2.18. The number of fused-ring (bicyclic) bond motifs is 1. The van der Waals surface area contributed by atoms with Gasteiger partial charge >= 0.3 is 5.69 Å². The van der Waals surface area contributed by atoms with Crippen molar-refractivity contribution in [1.82, 2.24) is 13.4 Å². The van der Waals surface area contributed by atoms with Gasteiger partial charge in [0.15, 0.2) is 0 Å². The number of para-hydroxylation sites is 2. The average Bonchev–Trinajstić information content (AvgIpc) is 2.92. The van der Waals surface area contributed by atoms with Gasteiger partial charge in [0, 0.05) is 13.6 Å². The summed E-state index contributed by atoms with van der Waals surface area (Å²) >= 11 is 0. The molecule has 0 radical (unpaired) electrons. The van der Waals surface area contributed by atoms with Gasteiger partial charge in [0.2, 0.25) is 0 Å². The zero-order valence-corrected chi connectivity index (χ0v) is 15.6. The highest BCUT2D eigenvalue weighted by molar-refractivity contribution is 7.89. The molecule has 2 aromatic carbocycles. The van der Waals surface area contributed by atoms with Crippen LogP contribution >= 0.6 is 0 Å². The zero-order valence-electron chi connectivity index (χ0n) is 14.8. The smallest absolute Gasteiger partial charge is 0.292 e. The Labute approximate surface area is 155 Å². The first-order chi connectivity index (χ1) is 12.8. The van der Waals surface area contributed by atoms with Gasteiger partial charge in [-0.2, -0.15) is 0 Å². The molecule has 3 aromatic rings. The maximum absolute atomic E-state index is 13.0. The van der Waals surface area contributed by atoms with Gasteiger partial charge in [-0.3, -0.25) is 13.9 Å². The van der Waals surface area contributed by atoms with Crippen molar-refractivity contribution in [3.05, 3.63) is 64.8 Å². The first-order valence-corrected chi connectivity index (χ1v) is 9.66. The molecule has 0 fully saturated rings. The van der Waals surface area contributed by atoms with Crippen LogP contribution in [0.2, 0.25) is 0 Å². The molecule has 0 aliphatic rings. The Morgan fingerprint density at radius 1 is 1.04 bits per heavy atom. The summed E-state index contributed by atoms with van der Waals surface area (Å²) in [5, 5.41) is 0. The van der Waals surface area contributed by atoms with Crippen molar-refractivity contribution < 1.29 is 17.6 Å². The van der Waals surface area contributed by atoms with E-state index in [0.29, 0.717) is 21.9 Å². The molecule has 1 amide bonds. The predicted molar refractivity (Wildman–Crippen MR) is 98.2 cm³/mol. The van der Waals surface area contributed by atoms with Gasteiger partial charge in [0.1, 0.15) is 12.4 Å². The summed E-state index contributed by atoms with van der Waals surface area (Å²) in [6.45, 7) is 1.80. The van der Waals surface area contributed by atoms with E-state index in [4.69, 9.17) is 0 Å². The van der Waals surface area contributed by atoms with Crippen LogP contribution in [0.15, 0.2) is 58.2 Å². The molecule has 0 atom stereocenters. The van der Waals surface area contributed by atoms with E-state index in [-0.39, 0.29) is 10.6 Å². The number of imidazole rings is 1. The Kier molecular flexibility index (Phi) is 4.88. The van der Waals surface area contributed by atoms with Crippen LogP contribution in [0.25, 0.3) is 11.0 Å². The molecule has 0 bridgehead atoms. The van der Waals surface area contributed by atoms with E-state index in [1.165, 1.54) is 9.13 Å². The topological polar surface area (TPSA) is 81.4 Å². The van der Waals surface area contributed by atoms with Crippen molar-refractivity contribution in [2.24, 2.45) is 0 Å². The summed E-state index contributed by atoms with van der Waals surface area (Å²) < 4.78 is 41.5. The van der Waals surface area contributed by atoms with Crippen LogP contribution in [-0.2, 0) is 27.9 Å². The first kappa shape index (κ1) is 18.8. The number of rotatable bonds is 5. The molecule has 0 aliphatic carbocycles. The summed E-state index contributed by atoms with van der Waals surface area (Å²) in [4.78, 5) is 25.0. The number of aromatic nitrogens is 2. The van der Waals surface area contributed by atoms with E-state index in [0.717, 1.165) is 31.3 Å². The van der Waals surface area contributed by atoms with Gasteiger partial charge in [0.05, 0.1) is 15.9 Å². The third-order valence-electron chi connectivity index (χ3n) is 4.36. The summed E-state index contributed by atoms with van der Waals surface area (Å²) in [6.07, 6.45) is 0. The fourth-order valence-electron chi connectivity index (χ4n) is 2.86. The highest BCUT2D eigenvalue weighted by Crippen LogP contribution is 2.17. The Morgan fingerprint density at radius 3 is 2.15 bits per heavy atom. The number of hydrogen-bond donors (Lipinski definition) is 0. The molecule has 142 valence electrons. The van der Waals surface area contributed by atoms with Crippen LogP contribution in [0, 0.1) is 5.82 Å². The van der Waals surface area contributed by atoms with Crippen molar-refractivity contribution >= 4 is 27.0 Å². The van der Waals surface area contributed by atoms with Crippen molar-refractivity contribution in [2.45, 2.75) is 24.9 Å². The molecule has 0 N–H and O–H groups in total. The average molecular weight is 391 g/mol. The van der Waals surface area contributed by atoms with Crippen LogP contribution in [0.4, 0.5) is 4.39 Å². The second-order valence-electron chi connectivity index (χ2n) is 5.92. The molecular weight excluding hydrogens is 373 g/mol. The Hall–Kier alpha value is -2.94. The van der Waals surface area contributed by atoms with Crippen LogP contribution in [0.5, 0.6) is 0 Å². The number of halogens is 1. The van der Waals surface area contributed by atoms with E-state index < -0.39 is 28.3 Å². The quantitative estimate of drug-likeness (QED) is 0.664. The first-order valence-electron chi connectivity index (χ1n) is 8.22. The minimum Gasteiger partial charge on any atom is -0.292 e. The minimum absolute atomic E-state index is 0.205. The summed E-state index contributed by atoms with van der Waals surface area (Å²) in [5.41, 5.74) is 0.826. The van der Waals surface area contributed by atoms with E-state index in [1.807, 2.05) is 6.92 Å². The summed E-state index contributed by atoms with van der Waals surface area (Å²) in [5.74, 6) is -1.36. The maximum Gasteiger partial charge on any atom is 0.329 e. The normalized spacial score (nSPS) is 11.7. The van der Waals surface area contributed by atoms with Crippen LogP contribution in [-0.4, -0.2) is 34.8 Å². The summed E-state index contributed by atoms with van der Waals surface area (Å²) in [6, 6.07) is 11.2. The largest absolute Gasteiger partial charge is 0.329 e. The number of sulfonamides is 1. The lowest BCUT2D eigenvalue weighted by atomic mass is 10.3. The molecule has 0 aliphatic heterocycles. The highest BCUT2D eigenvalue weighted by Gasteiger charge is 2.27. The number of amides is 1. The number of benzene rings is 2. The van der Waals surface area contributed by atoms with Crippen molar-refractivity contribution in [2.75, 3.05) is 7.05 Å². The third kappa shape index (κ3) is 3.25. The van der Waals surface area contributed by atoms with Gasteiger partial charge < -0.3 is 0 Å². The molecule has 7 nitrogen and oxygen atoms in total. The number of hydrogen-bond acceptors (Lipinski definition) is 4. The standard InChI is InChI=1S/C18H18FN3O4S/c1-3-21-15-6-4-5-7-16(15)22(18(21)24)12-17(23)20(2)27(25,26)14-10-8-13(19)9-11-14/h4-11H,3,12H2,1-2H3. The van der Waals surface area contributed by atoms with Gasteiger partial charge in [-0.05, 0) is 43.3 Å². The molecule has 9 heteroatoms. The number of aryl methyl sites for hydroxylation is 1. The Bertz CT molecular complexity index is 1160. The van der Waals surface area contributed by atoms with Crippen molar-refractivity contribution in [3.8, 4) is 0 Å². The Balaban J connectivity index is 1.96. The lowest BCUT2D eigenvalue weighted by Crippen LogP contribution is -2.38. The van der Waals surface area contributed by atoms with Gasteiger partial charge in [-0.25, -0.2) is 21.9 Å². The second kappa shape index (κ2) is 6.99. The lowest BCUT2D eigenvalue weighted by molar-refractivity contribution is -0.126. The van der Waals surface area contributed by atoms with Gasteiger partial charge in [-0.15, -0.1) is 0 Å². The van der Waals surface area contributed by atoms with E-state index in [9.17, 15) is 22.4 Å². The number of carbonyl (C=O) groups is 1. The predicted octanol–water partition coefficient (Wildman–Crippen LogP) is 1.81. The molecular formula is C18H18FN3O4S. The van der Waals surface area contributed by atoms with E-state index >= 15 is 0 Å². The molecule has 0 saturated heterocycles. The third-order valence-corrected chi connectivity index (χ3v) is 6.15. The highest BCUT2D eigenvalue weighted by atomic mass is 32.2.